The van der Waals surface area contributed by atoms with E-state index in [0.29, 0.717) is 5.89 Å². The SMILES string of the molecule is Cc1ccc(-c2nc(CN3CCC(C)(CN)C3)co2)cc1. The molecule has 3 rings (SSSR count). The molecule has 0 saturated carbocycles. The Morgan fingerprint density at radius 1 is 1.33 bits per heavy atom. The Morgan fingerprint density at radius 3 is 2.76 bits per heavy atom. The van der Waals surface area contributed by atoms with Gasteiger partial charge in [-0.05, 0) is 44.0 Å². The summed E-state index contributed by atoms with van der Waals surface area (Å²) in [5.41, 5.74) is 9.37. The minimum atomic E-state index is 0.253. The molecule has 0 bridgehead atoms. The summed E-state index contributed by atoms with van der Waals surface area (Å²) in [5.74, 6) is 0.700. The Labute approximate surface area is 126 Å². The third kappa shape index (κ3) is 3.17. The molecule has 2 heterocycles. The second kappa shape index (κ2) is 5.62. The van der Waals surface area contributed by atoms with Gasteiger partial charge in [-0.2, -0.15) is 0 Å². The van der Waals surface area contributed by atoms with Gasteiger partial charge >= 0.3 is 0 Å². The standard InChI is InChI=1S/C17H23N3O/c1-13-3-5-14(6-4-13)16-19-15(10-21-16)9-20-8-7-17(2,11-18)12-20/h3-6,10H,7-9,11-12,18H2,1-2H3. The Hall–Kier alpha value is -1.65. The number of nitrogens with two attached hydrogens (primary N) is 1. The maximum Gasteiger partial charge on any atom is 0.226 e. The lowest BCUT2D eigenvalue weighted by Crippen LogP contribution is -2.31. The highest BCUT2D eigenvalue weighted by molar-refractivity contribution is 5.53. The summed E-state index contributed by atoms with van der Waals surface area (Å²) in [4.78, 5) is 7.01. The Kier molecular flexibility index (Phi) is 3.83. The molecule has 2 N–H and O–H groups in total. The Bertz CT molecular complexity index is 605. The molecule has 1 unspecified atom stereocenters. The third-order valence-corrected chi connectivity index (χ3v) is 4.37. The third-order valence-electron chi connectivity index (χ3n) is 4.37. The van der Waals surface area contributed by atoms with Crippen LogP contribution < -0.4 is 5.73 Å². The van der Waals surface area contributed by atoms with Gasteiger partial charge in [-0.25, -0.2) is 4.98 Å². The van der Waals surface area contributed by atoms with Crippen molar-refractivity contribution < 1.29 is 4.42 Å². The van der Waals surface area contributed by atoms with Gasteiger partial charge in [0.25, 0.3) is 0 Å². The van der Waals surface area contributed by atoms with Crippen LogP contribution in [0.5, 0.6) is 0 Å². The first-order valence-corrected chi connectivity index (χ1v) is 7.52. The molecule has 1 aliphatic rings. The summed E-state index contributed by atoms with van der Waals surface area (Å²) in [6.07, 6.45) is 2.93. The largest absolute Gasteiger partial charge is 0.444 e. The molecule has 21 heavy (non-hydrogen) atoms. The molecule has 1 atom stereocenters. The zero-order valence-electron chi connectivity index (χ0n) is 12.8. The molecule has 2 aromatic rings. The van der Waals surface area contributed by atoms with Gasteiger partial charge < -0.3 is 10.2 Å². The first-order chi connectivity index (χ1) is 10.1. The fourth-order valence-electron chi connectivity index (χ4n) is 2.86. The van der Waals surface area contributed by atoms with E-state index in [0.717, 1.165) is 43.9 Å². The normalized spacial score (nSPS) is 22.8. The zero-order chi connectivity index (χ0) is 14.9. The van der Waals surface area contributed by atoms with Crippen LogP contribution in [-0.4, -0.2) is 29.5 Å². The molecule has 1 aromatic carbocycles. The fourth-order valence-corrected chi connectivity index (χ4v) is 2.86. The molecule has 0 spiro atoms. The van der Waals surface area contributed by atoms with Crippen LogP contribution in [0.15, 0.2) is 34.9 Å². The lowest BCUT2D eigenvalue weighted by Gasteiger charge is -2.21. The maximum atomic E-state index is 5.86. The van der Waals surface area contributed by atoms with Crippen LogP contribution >= 0.6 is 0 Å². The topological polar surface area (TPSA) is 55.3 Å². The molecule has 112 valence electrons. The van der Waals surface area contributed by atoms with E-state index in [1.54, 1.807) is 6.26 Å². The number of nitrogens with zero attached hydrogens (tertiary/aromatic N) is 2. The van der Waals surface area contributed by atoms with Gasteiger partial charge in [0, 0.05) is 18.7 Å². The van der Waals surface area contributed by atoms with Crippen molar-refractivity contribution >= 4 is 0 Å². The molecule has 1 aromatic heterocycles. The minimum Gasteiger partial charge on any atom is -0.444 e. The number of aromatic nitrogens is 1. The summed E-state index contributed by atoms with van der Waals surface area (Å²) in [5, 5.41) is 0. The van der Waals surface area contributed by atoms with E-state index < -0.39 is 0 Å². The second-order valence-electron chi connectivity index (χ2n) is 6.49. The average Bonchev–Trinajstić information content (AvgIpc) is 3.08. The number of hydrogen-bond acceptors (Lipinski definition) is 4. The highest BCUT2D eigenvalue weighted by Crippen LogP contribution is 2.29. The minimum absolute atomic E-state index is 0.253. The molecule has 1 saturated heterocycles. The number of likely N-dealkylation sites (tertiary alicyclic amines) is 1. The molecular weight excluding hydrogens is 262 g/mol. The molecule has 1 aliphatic heterocycles. The smallest absolute Gasteiger partial charge is 0.226 e. The van der Waals surface area contributed by atoms with Gasteiger partial charge in [-0.3, -0.25) is 4.90 Å². The van der Waals surface area contributed by atoms with Gasteiger partial charge in [0.05, 0.1) is 5.69 Å². The number of aryl methyl sites for hydroxylation is 1. The highest BCUT2D eigenvalue weighted by Gasteiger charge is 2.32. The van der Waals surface area contributed by atoms with E-state index in [9.17, 15) is 0 Å². The van der Waals surface area contributed by atoms with Crippen LogP contribution in [0.4, 0.5) is 0 Å². The van der Waals surface area contributed by atoms with Crippen LogP contribution in [0, 0.1) is 12.3 Å². The highest BCUT2D eigenvalue weighted by atomic mass is 16.3. The summed E-state index contributed by atoms with van der Waals surface area (Å²) in [7, 11) is 0. The van der Waals surface area contributed by atoms with Gasteiger partial charge in [0.2, 0.25) is 5.89 Å². The van der Waals surface area contributed by atoms with Crippen molar-refractivity contribution in [2.24, 2.45) is 11.1 Å². The number of benzene rings is 1. The monoisotopic (exact) mass is 285 g/mol. The van der Waals surface area contributed by atoms with Crippen molar-refractivity contribution in [3.63, 3.8) is 0 Å². The van der Waals surface area contributed by atoms with Gasteiger partial charge in [-0.15, -0.1) is 0 Å². The van der Waals surface area contributed by atoms with Crippen LogP contribution in [0.1, 0.15) is 24.6 Å². The predicted octanol–water partition coefficient (Wildman–Crippen LogP) is 2.82. The van der Waals surface area contributed by atoms with Gasteiger partial charge in [-0.1, -0.05) is 24.6 Å². The van der Waals surface area contributed by atoms with E-state index in [-0.39, 0.29) is 5.41 Å². The molecule has 4 heteroatoms. The van der Waals surface area contributed by atoms with E-state index in [1.807, 2.05) is 12.1 Å². The second-order valence-corrected chi connectivity index (χ2v) is 6.49. The van der Waals surface area contributed by atoms with Crippen LogP contribution in [0.25, 0.3) is 11.5 Å². The van der Waals surface area contributed by atoms with Crippen molar-refractivity contribution in [2.75, 3.05) is 19.6 Å². The Balaban J connectivity index is 1.67. The van der Waals surface area contributed by atoms with E-state index in [4.69, 9.17) is 10.2 Å². The van der Waals surface area contributed by atoms with Crippen LogP contribution in [0.3, 0.4) is 0 Å². The van der Waals surface area contributed by atoms with E-state index in [2.05, 4.69) is 35.9 Å². The average molecular weight is 285 g/mol. The van der Waals surface area contributed by atoms with Crippen molar-refractivity contribution in [3.8, 4) is 11.5 Å². The molecule has 0 amide bonds. The lowest BCUT2D eigenvalue weighted by molar-refractivity contribution is 0.272. The summed E-state index contributed by atoms with van der Waals surface area (Å²) in [6.45, 7) is 8.04. The number of hydrogen-bond donors (Lipinski definition) is 1. The zero-order valence-corrected chi connectivity index (χ0v) is 12.8. The first kappa shape index (κ1) is 14.3. The molecule has 0 radical (unpaired) electrons. The molecule has 4 nitrogen and oxygen atoms in total. The van der Waals surface area contributed by atoms with Crippen LogP contribution in [0.2, 0.25) is 0 Å². The van der Waals surface area contributed by atoms with Crippen molar-refractivity contribution in [1.29, 1.82) is 0 Å². The van der Waals surface area contributed by atoms with Gasteiger partial charge in [0.15, 0.2) is 0 Å². The van der Waals surface area contributed by atoms with Crippen molar-refractivity contribution in [3.05, 3.63) is 41.8 Å². The molecule has 1 fully saturated rings. The van der Waals surface area contributed by atoms with E-state index in [1.165, 1.54) is 5.56 Å². The van der Waals surface area contributed by atoms with Crippen molar-refractivity contribution in [1.82, 2.24) is 9.88 Å². The number of oxazole rings is 1. The van der Waals surface area contributed by atoms with E-state index >= 15 is 0 Å². The quantitative estimate of drug-likeness (QED) is 0.938. The van der Waals surface area contributed by atoms with Crippen molar-refractivity contribution in [2.45, 2.75) is 26.8 Å². The number of rotatable bonds is 4. The Morgan fingerprint density at radius 2 is 2.10 bits per heavy atom. The predicted molar refractivity (Wildman–Crippen MR) is 83.7 cm³/mol. The molecule has 0 aliphatic carbocycles. The lowest BCUT2D eigenvalue weighted by atomic mass is 9.90. The fraction of sp³-hybridized carbons (Fsp3) is 0.471. The first-order valence-electron chi connectivity index (χ1n) is 7.52. The maximum absolute atomic E-state index is 5.86. The summed E-state index contributed by atoms with van der Waals surface area (Å²) in [6, 6.07) is 8.25. The summed E-state index contributed by atoms with van der Waals surface area (Å²) >= 11 is 0. The summed E-state index contributed by atoms with van der Waals surface area (Å²) < 4.78 is 5.62. The molecular formula is C17H23N3O. The van der Waals surface area contributed by atoms with Crippen LogP contribution in [-0.2, 0) is 6.54 Å². The van der Waals surface area contributed by atoms with Gasteiger partial charge in [0.1, 0.15) is 6.26 Å².